The summed E-state index contributed by atoms with van der Waals surface area (Å²) in [6.45, 7) is 10.0. The maximum atomic E-state index is 5.48. The highest BCUT2D eigenvalue weighted by molar-refractivity contribution is 8.13. The molecule has 0 aliphatic carbocycles. The van der Waals surface area contributed by atoms with Crippen LogP contribution in [-0.4, -0.2) is 37.2 Å². The molecule has 1 rings (SSSR count). The second-order valence-corrected chi connectivity index (χ2v) is 5.47. The van der Waals surface area contributed by atoms with E-state index in [-0.39, 0.29) is 0 Å². The Morgan fingerprint density at radius 2 is 2.40 bits per heavy atom. The van der Waals surface area contributed by atoms with Crippen molar-refractivity contribution in [3.05, 3.63) is 0 Å². The smallest absolute Gasteiger partial charge is 0.156 e. The summed E-state index contributed by atoms with van der Waals surface area (Å²) in [5, 5.41) is 4.39. The van der Waals surface area contributed by atoms with Crippen molar-refractivity contribution in [2.24, 2.45) is 16.8 Å². The second-order valence-electron chi connectivity index (χ2n) is 4.46. The van der Waals surface area contributed by atoms with Crippen molar-refractivity contribution >= 4 is 16.9 Å². The fourth-order valence-corrected chi connectivity index (χ4v) is 2.13. The predicted octanol–water partition coefficient (Wildman–Crippen LogP) is 1.99. The first-order chi connectivity index (χ1) is 7.18. The molecule has 1 heterocycles. The summed E-state index contributed by atoms with van der Waals surface area (Å²) in [5.41, 5.74) is 0. The van der Waals surface area contributed by atoms with Crippen LogP contribution in [0.15, 0.2) is 4.99 Å². The Hall–Kier alpha value is -0.220. The summed E-state index contributed by atoms with van der Waals surface area (Å²) in [5.74, 6) is 2.52. The molecular weight excluding hydrogens is 208 g/mol. The molecule has 0 spiro atoms. The zero-order valence-electron chi connectivity index (χ0n) is 9.95. The van der Waals surface area contributed by atoms with Gasteiger partial charge in [-0.3, -0.25) is 4.99 Å². The summed E-state index contributed by atoms with van der Waals surface area (Å²) in [6.07, 6.45) is 0. The molecule has 0 radical (unpaired) electrons. The van der Waals surface area contributed by atoms with E-state index in [9.17, 15) is 0 Å². The first kappa shape index (κ1) is 12.8. The Bertz CT molecular complexity index is 207. The standard InChI is InChI=1S/C11H22N2OS/c1-9(2)7-14-5-4-12-11-13-6-10(3)8-15-11/h9-10H,4-8H2,1-3H3,(H,12,13). The number of ether oxygens (including phenoxy) is 1. The molecular formula is C11H22N2OS. The van der Waals surface area contributed by atoms with Gasteiger partial charge in [0.05, 0.1) is 6.61 Å². The van der Waals surface area contributed by atoms with Gasteiger partial charge in [-0.2, -0.15) is 0 Å². The topological polar surface area (TPSA) is 33.6 Å². The van der Waals surface area contributed by atoms with E-state index < -0.39 is 0 Å². The van der Waals surface area contributed by atoms with Crippen LogP contribution in [0.1, 0.15) is 20.8 Å². The highest BCUT2D eigenvalue weighted by Crippen LogP contribution is 2.15. The molecule has 88 valence electrons. The summed E-state index contributed by atoms with van der Waals surface area (Å²) < 4.78 is 5.48. The van der Waals surface area contributed by atoms with Gasteiger partial charge in [-0.15, -0.1) is 0 Å². The van der Waals surface area contributed by atoms with Crippen molar-refractivity contribution in [3.63, 3.8) is 0 Å². The van der Waals surface area contributed by atoms with Crippen LogP contribution in [0.3, 0.4) is 0 Å². The van der Waals surface area contributed by atoms with Gasteiger partial charge in [0.1, 0.15) is 0 Å². The predicted molar refractivity (Wildman–Crippen MR) is 67.6 cm³/mol. The number of nitrogens with one attached hydrogen (secondary N) is 1. The molecule has 0 aromatic carbocycles. The molecule has 4 heteroatoms. The molecule has 1 N–H and O–H groups in total. The average Bonchev–Trinajstić information content (AvgIpc) is 2.20. The Morgan fingerprint density at radius 3 is 3.00 bits per heavy atom. The zero-order chi connectivity index (χ0) is 11.1. The fraction of sp³-hybridized carbons (Fsp3) is 0.909. The van der Waals surface area contributed by atoms with Crippen molar-refractivity contribution in [1.82, 2.24) is 5.32 Å². The van der Waals surface area contributed by atoms with E-state index in [4.69, 9.17) is 4.74 Å². The number of thioether (sulfide) groups is 1. The first-order valence-electron chi connectivity index (χ1n) is 5.67. The van der Waals surface area contributed by atoms with Gasteiger partial charge < -0.3 is 10.1 Å². The van der Waals surface area contributed by atoms with E-state index in [1.165, 1.54) is 5.75 Å². The number of hydrogen-bond acceptors (Lipinski definition) is 4. The van der Waals surface area contributed by atoms with Gasteiger partial charge in [-0.25, -0.2) is 0 Å². The first-order valence-corrected chi connectivity index (χ1v) is 6.66. The minimum absolute atomic E-state index is 0.618. The normalized spacial score (nSPS) is 21.6. The Balaban J connectivity index is 2.00. The van der Waals surface area contributed by atoms with E-state index in [2.05, 4.69) is 31.1 Å². The van der Waals surface area contributed by atoms with Crippen LogP contribution in [-0.2, 0) is 4.74 Å². The monoisotopic (exact) mass is 230 g/mol. The lowest BCUT2D eigenvalue weighted by molar-refractivity contribution is 0.114. The molecule has 0 amide bonds. The highest BCUT2D eigenvalue weighted by atomic mass is 32.2. The Morgan fingerprint density at radius 1 is 1.60 bits per heavy atom. The molecule has 0 fully saturated rings. The van der Waals surface area contributed by atoms with Crippen LogP contribution in [0.4, 0.5) is 0 Å². The fourth-order valence-electron chi connectivity index (χ4n) is 1.21. The van der Waals surface area contributed by atoms with Crippen LogP contribution in [0.25, 0.3) is 0 Å². The lowest BCUT2D eigenvalue weighted by Gasteiger charge is -2.17. The number of rotatable bonds is 5. The number of amidine groups is 1. The quantitative estimate of drug-likeness (QED) is 0.733. The zero-order valence-corrected chi connectivity index (χ0v) is 10.8. The van der Waals surface area contributed by atoms with Gasteiger partial charge in [-0.05, 0) is 11.8 Å². The molecule has 1 atom stereocenters. The third kappa shape index (κ3) is 6.05. The largest absolute Gasteiger partial charge is 0.379 e. The maximum absolute atomic E-state index is 5.48. The maximum Gasteiger partial charge on any atom is 0.156 e. The van der Waals surface area contributed by atoms with Crippen molar-refractivity contribution in [2.75, 3.05) is 32.1 Å². The second kappa shape index (κ2) is 7.12. The summed E-state index contributed by atoms with van der Waals surface area (Å²) >= 11 is 1.82. The van der Waals surface area contributed by atoms with E-state index >= 15 is 0 Å². The summed E-state index contributed by atoms with van der Waals surface area (Å²) in [7, 11) is 0. The molecule has 0 aromatic heterocycles. The Kier molecular flexibility index (Phi) is 6.10. The van der Waals surface area contributed by atoms with Crippen molar-refractivity contribution in [3.8, 4) is 0 Å². The Labute approximate surface area is 97.1 Å². The van der Waals surface area contributed by atoms with Gasteiger partial charge in [0, 0.05) is 25.4 Å². The number of hydrogen-bond donors (Lipinski definition) is 1. The van der Waals surface area contributed by atoms with Crippen LogP contribution in [0.5, 0.6) is 0 Å². The van der Waals surface area contributed by atoms with Crippen molar-refractivity contribution in [2.45, 2.75) is 20.8 Å². The SMILES string of the molecule is CC(C)COCCNC1=NCC(C)CS1. The molecule has 1 aliphatic heterocycles. The molecule has 1 unspecified atom stereocenters. The molecule has 15 heavy (non-hydrogen) atoms. The van der Waals surface area contributed by atoms with Gasteiger partial charge >= 0.3 is 0 Å². The third-order valence-electron chi connectivity index (χ3n) is 2.02. The number of nitrogens with zero attached hydrogens (tertiary/aromatic N) is 1. The minimum atomic E-state index is 0.618. The highest BCUT2D eigenvalue weighted by Gasteiger charge is 2.10. The van der Waals surface area contributed by atoms with E-state index in [1.807, 2.05) is 11.8 Å². The molecule has 0 bridgehead atoms. The minimum Gasteiger partial charge on any atom is -0.379 e. The summed E-state index contributed by atoms with van der Waals surface area (Å²) in [6, 6.07) is 0. The third-order valence-corrected chi connectivity index (χ3v) is 3.31. The van der Waals surface area contributed by atoms with Gasteiger partial charge in [-0.1, -0.05) is 32.5 Å². The van der Waals surface area contributed by atoms with Gasteiger partial charge in [0.15, 0.2) is 5.17 Å². The average molecular weight is 230 g/mol. The van der Waals surface area contributed by atoms with E-state index in [1.54, 1.807) is 0 Å². The van der Waals surface area contributed by atoms with Crippen molar-refractivity contribution < 1.29 is 4.74 Å². The van der Waals surface area contributed by atoms with Gasteiger partial charge in [0.25, 0.3) is 0 Å². The van der Waals surface area contributed by atoms with Gasteiger partial charge in [0.2, 0.25) is 0 Å². The lowest BCUT2D eigenvalue weighted by atomic mass is 10.2. The van der Waals surface area contributed by atoms with Crippen LogP contribution in [0.2, 0.25) is 0 Å². The van der Waals surface area contributed by atoms with E-state index in [0.717, 1.165) is 37.4 Å². The summed E-state index contributed by atoms with van der Waals surface area (Å²) in [4.78, 5) is 4.46. The molecule has 0 saturated carbocycles. The van der Waals surface area contributed by atoms with Crippen LogP contribution >= 0.6 is 11.8 Å². The lowest BCUT2D eigenvalue weighted by Crippen LogP contribution is -2.29. The molecule has 0 aromatic rings. The molecule has 1 aliphatic rings. The van der Waals surface area contributed by atoms with Crippen molar-refractivity contribution in [1.29, 1.82) is 0 Å². The molecule has 3 nitrogen and oxygen atoms in total. The molecule has 0 saturated heterocycles. The van der Waals surface area contributed by atoms with E-state index in [0.29, 0.717) is 5.92 Å². The van der Waals surface area contributed by atoms with Crippen LogP contribution in [0, 0.1) is 11.8 Å². The number of aliphatic imine (C=N–C) groups is 1. The van der Waals surface area contributed by atoms with Crippen LogP contribution < -0.4 is 5.32 Å².